The maximum Gasteiger partial charge on any atom is 0.260 e. The molecule has 0 aliphatic carbocycles. The zero-order valence-corrected chi connectivity index (χ0v) is 12.4. The van der Waals surface area contributed by atoms with Crippen LogP contribution >= 0.6 is 0 Å². The fraction of sp³-hybridized carbons (Fsp3) is 0.500. The zero-order chi connectivity index (χ0) is 15.1. The largest absolute Gasteiger partial charge is 0.483 e. The van der Waals surface area contributed by atoms with Crippen LogP contribution in [0.25, 0.3) is 0 Å². The monoisotopic (exact) mass is 290 g/mol. The molecule has 2 rings (SSSR count). The Morgan fingerprint density at radius 2 is 1.90 bits per heavy atom. The number of rotatable bonds is 4. The van der Waals surface area contributed by atoms with Gasteiger partial charge < -0.3 is 14.8 Å². The van der Waals surface area contributed by atoms with Crippen molar-refractivity contribution in [1.82, 2.24) is 4.90 Å². The van der Waals surface area contributed by atoms with Crippen LogP contribution in [0.4, 0.5) is 0 Å². The van der Waals surface area contributed by atoms with Gasteiger partial charge in [0.15, 0.2) is 6.61 Å². The lowest BCUT2D eigenvalue weighted by Crippen LogP contribution is -2.35. The van der Waals surface area contributed by atoms with Gasteiger partial charge in [-0.3, -0.25) is 4.79 Å². The summed E-state index contributed by atoms with van der Waals surface area (Å²) < 4.78 is 5.63. The van der Waals surface area contributed by atoms with E-state index in [1.165, 1.54) is 12.8 Å². The second kappa shape index (κ2) is 7.67. The number of ether oxygens (including phenoxy) is 1. The van der Waals surface area contributed by atoms with Gasteiger partial charge in [0.2, 0.25) is 0 Å². The highest BCUT2D eigenvalue weighted by Gasteiger charge is 2.16. The van der Waals surface area contributed by atoms with Gasteiger partial charge in [0.25, 0.3) is 5.91 Å². The van der Waals surface area contributed by atoms with Crippen molar-refractivity contribution in [3.63, 3.8) is 0 Å². The average molecular weight is 290 g/mol. The van der Waals surface area contributed by atoms with E-state index in [9.17, 15) is 4.79 Å². The maximum absolute atomic E-state index is 12.2. The molecule has 21 heavy (non-hydrogen) atoms. The third kappa shape index (κ3) is 4.21. The Bertz CT molecular complexity index is 506. The molecule has 114 valence electrons. The van der Waals surface area contributed by atoms with Gasteiger partial charge in [0, 0.05) is 18.7 Å². The Hall–Kier alpha value is -2.04. The summed E-state index contributed by atoms with van der Waals surface area (Å²) in [4.78, 5) is 14.1. The van der Waals surface area contributed by atoms with E-state index in [0.29, 0.717) is 17.0 Å². The van der Waals surface area contributed by atoms with Gasteiger partial charge in [-0.1, -0.05) is 30.1 Å². The summed E-state index contributed by atoms with van der Waals surface area (Å²) in [6, 6.07) is 7.26. The summed E-state index contributed by atoms with van der Waals surface area (Å²) >= 11 is 0. The predicted octanol–water partition coefficient (Wildman–Crippen LogP) is 2.67. The summed E-state index contributed by atoms with van der Waals surface area (Å²) in [6.45, 7) is 3.36. The number of carbonyl (C=O) groups excluding carboxylic acids is 1. The van der Waals surface area contributed by atoms with Crippen LogP contribution in [-0.2, 0) is 4.79 Å². The van der Waals surface area contributed by atoms with Crippen molar-refractivity contribution >= 4 is 11.6 Å². The smallest absolute Gasteiger partial charge is 0.260 e. The van der Waals surface area contributed by atoms with Crippen molar-refractivity contribution in [2.24, 2.45) is 5.16 Å². The molecule has 1 fully saturated rings. The number of hydrogen-bond acceptors (Lipinski definition) is 4. The van der Waals surface area contributed by atoms with Crippen LogP contribution in [0.1, 0.15) is 38.2 Å². The van der Waals surface area contributed by atoms with E-state index in [0.717, 1.165) is 25.9 Å². The molecule has 1 aromatic carbocycles. The Morgan fingerprint density at radius 3 is 2.57 bits per heavy atom. The zero-order valence-electron chi connectivity index (χ0n) is 12.4. The molecule has 1 aliphatic heterocycles. The Labute approximate surface area is 125 Å². The van der Waals surface area contributed by atoms with Gasteiger partial charge in [0.05, 0.1) is 5.71 Å². The molecule has 1 N–H and O–H groups in total. The SMILES string of the molecule is C/C(=N\O)c1ccccc1OCC(=O)N1CCCCCC1. The first-order chi connectivity index (χ1) is 10.2. The normalized spacial score (nSPS) is 16.4. The van der Waals surface area contributed by atoms with E-state index in [1.807, 2.05) is 17.0 Å². The van der Waals surface area contributed by atoms with Crippen LogP contribution in [0.5, 0.6) is 5.75 Å². The van der Waals surface area contributed by atoms with Crippen LogP contribution < -0.4 is 4.74 Å². The number of nitrogens with zero attached hydrogens (tertiary/aromatic N) is 2. The standard InChI is InChI=1S/C16H22N2O3/c1-13(17-20)14-8-4-5-9-15(14)21-12-16(19)18-10-6-2-3-7-11-18/h4-5,8-9,20H,2-3,6-7,10-12H2,1H3/b17-13+. The van der Waals surface area contributed by atoms with Crippen molar-refractivity contribution in [3.05, 3.63) is 29.8 Å². The highest BCUT2D eigenvalue weighted by molar-refractivity contribution is 6.00. The highest BCUT2D eigenvalue weighted by atomic mass is 16.5. The topological polar surface area (TPSA) is 62.1 Å². The lowest BCUT2D eigenvalue weighted by molar-refractivity contribution is -0.133. The summed E-state index contributed by atoms with van der Waals surface area (Å²) in [5.74, 6) is 0.585. The lowest BCUT2D eigenvalue weighted by Gasteiger charge is -2.20. The molecule has 0 radical (unpaired) electrons. The Kier molecular flexibility index (Phi) is 5.60. The maximum atomic E-state index is 12.2. The average Bonchev–Trinajstić information content (AvgIpc) is 2.81. The van der Waals surface area contributed by atoms with Gasteiger partial charge in [-0.25, -0.2) is 0 Å². The minimum atomic E-state index is 0.0188. The molecule has 0 spiro atoms. The summed E-state index contributed by atoms with van der Waals surface area (Å²) in [6.07, 6.45) is 4.52. The number of hydrogen-bond donors (Lipinski definition) is 1. The molecule has 1 saturated heterocycles. The van der Waals surface area contributed by atoms with Crippen molar-refractivity contribution in [2.75, 3.05) is 19.7 Å². The third-order valence-electron chi connectivity index (χ3n) is 3.74. The minimum Gasteiger partial charge on any atom is -0.483 e. The first-order valence-electron chi connectivity index (χ1n) is 7.41. The van der Waals surface area contributed by atoms with Crippen LogP contribution in [-0.4, -0.2) is 41.4 Å². The fourth-order valence-corrected chi connectivity index (χ4v) is 2.50. The van der Waals surface area contributed by atoms with E-state index >= 15 is 0 Å². The first kappa shape index (κ1) is 15.4. The Morgan fingerprint density at radius 1 is 1.24 bits per heavy atom. The molecule has 0 saturated carbocycles. The fourth-order valence-electron chi connectivity index (χ4n) is 2.50. The van der Waals surface area contributed by atoms with Crippen LogP contribution in [0, 0.1) is 0 Å². The van der Waals surface area contributed by atoms with Crippen molar-refractivity contribution < 1.29 is 14.7 Å². The molecule has 0 aromatic heterocycles. The number of para-hydroxylation sites is 1. The number of oxime groups is 1. The molecule has 0 atom stereocenters. The molecule has 1 aromatic rings. The van der Waals surface area contributed by atoms with Crippen molar-refractivity contribution in [1.29, 1.82) is 0 Å². The van der Waals surface area contributed by atoms with Crippen molar-refractivity contribution in [2.45, 2.75) is 32.6 Å². The second-order valence-corrected chi connectivity index (χ2v) is 5.27. The quantitative estimate of drug-likeness (QED) is 0.527. The molecule has 1 amide bonds. The molecule has 1 heterocycles. The van der Waals surface area contributed by atoms with E-state index < -0.39 is 0 Å². The molecule has 5 heteroatoms. The van der Waals surface area contributed by atoms with Gasteiger partial charge in [-0.15, -0.1) is 0 Å². The summed E-state index contributed by atoms with van der Waals surface area (Å²) in [7, 11) is 0. The van der Waals surface area contributed by atoms with Crippen LogP contribution in [0.15, 0.2) is 29.4 Å². The Balaban J connectivity index is 1.98. The van der Waals surface area contributed by atoms with E-state index in [1.54, 1.807) is 19.1 Å². The van der Waals surface area contributed by atoms with Crippen LogP contribution in [0.3, 0.4) is 0 Å². The highest BCUT2D eigenvalue weighted by Crippen LogP contribution is 2.19. The molecule has 0 bridgehead atoms. The van der Waals surface area contributed by atoms with E-state index in [4.69, 9.17) is 9.94 Å². The number of carbonyl (C=O) groups is 1. The molecule has 5 nitrogen and oxygen atoms in total. The molecular formula is C16H22N2O3. The van der Waals surface area contributed by atoms with Gasteiger partial charge >= 0.3 is 0 Å². The van der Waals surface area contributed by atoms with Gasteiger partial charge in [0.1, 0.15) is 5.75 Å². The third-order valence-corrected chi connectivity index (χ3v) is 3.74. The van der Waals surface area contributed by atoms with Gasteiger partial charge in [-0.05, 0) is 31.9 Å². The molecular weight excluding hydrogens is 268 g/mol. The van der Waals surface area contributed by atoms with Gasteiger partial charge in [-0.2, -0.15) is 0 Å². The van der Waals surface area contributed by atoms with E-state index in [-0.39, 0.29) is 12.5 Å². The molecule has 1 aliphatic rings. The molecule has 0 unspecified atom stereocenters. The first-order valence-corrected chi connectivity index (χ1v) is 7.41. The summed E-state index contributed by atoms with van der Waals surface area (Å²) in [5, 5.41) is 12.1. The summed E-state index contributed by atoms with van der Waals surface area (Å²) in [5.41, 5.74) is 1.16. The number of likely N-dealkylation sites (tertiary alicyclic amines) is 1. The minimum absolute atomic E-state index is 0.0188. The lowest BCUT2D eigenvalue weighted by atomic mass is 10.1. The van der Waals surface area contributed by atoms with E-state index in [2.05, 4.69) is 5.16 Å². The second-order valence-electron chi connectivity index (χ2n) is 5.27. The number of benzene rings is 1. The van der Waals surface area contributed by atoms with Crippen LogP contribution in [0.2, 0.25) is 0 Å². The number of amides is 1. The van der Waals surface area contributed by atoms with Crippen molar-refractivity contribution in [3.8, 4) is 5.75 Å². The predicted molar refractivity (Wildman–Crippen MR) is 81.0 cm³/mol.